The molecule has 1 saturated heterocycles. The lowest BCUT2D eigenvalue weighted by atomic mass is 9.95. The molecular weight excluding hydrogens is 476 g/mol. The molecule has 1 aromatic carbocycles. The monoisotopic (exact) mass is 506 g/mol. The Labute approximate surface area is 204 Å². The van der Waals surface area contributed by atoms with Gasteiger partial charge in [-0.25, -0.2) is 13.2 Å². The van der Waals surface area contributed by atoms with E-state index in [1.165, 1.54) is 48.1 Å². The molecule has 2 aromatic rings. The van der Waals surface area contributed by atoms with Crippen LogP contribution in [-0.4, -0.2) is 51.9 Å². The number of aryl methyl sites for hydroxylation is 1. The van der Waals surface area contributed by atoms with Crippen molar-refractivity contribution in [1.82, 2.24) is 4.31 Å². The van der Waals surface area contributed by atoms with Gasteiger partial charge in [0.2, 0.25) is 10.0 Å². The van der Waals surface area contributed by atoms with Gasteiger partial charge in [-0.1, -0.05) is 6.92 Å². The largest absolute Gasteiger partial charge is 0.496 e. The van der Waals surface area contributed by atoms with Gasteiger partial charge < -0.3 is 14.8 Å². The third kappa shape index (κ3) is 4.71. The molecular formula is C24H30N2O6S2. The SMILES string of the molecule is COC(=O)c1c(NC(=O)c2cc(S(=O)(=O)N3CCC(C)CC3)ccc2OC)sc2c1CCCC2. The zero-order valence-corrected chi connectivity index (χ0v) is 21.3. The summed E-state index contributed by atoms with van der Waals surface area (Å²) < 4.78 is 38.3. The molecule has 0 atom stereocenters. The van der Waals surface area contributed by atoms with Crippen LogP contribution in [0.5, 0.6) is 5.75 Å². The van der Waals surface area contributed by atoms with E-state index in [0.29, 0.717) is 29.6 Å². The molecule has 0 unspecified atom stereocenters. The fourth-order valence-corrected chi connectivity index (χ4v) is 7.31. The summed E-state index contributed by atoms with van der Waals surface area (Å²) in [6, 6.07) is 4.31. The average molecular weight is 507 g/mol. The minimum atomic E-state index is -3.74. The Hall–Kier alpha value is -2.43. The van der Waals surface area contributed by atoms with E-state index < -0.39 is 21.9 Å². The van der Waals surface area contributed by atoms with E-state index in [2.05, 4.69) is 12.2 Å². The lowest BCUT2D eigenvalue weighted by molar-refractivity contribution is 0.0601. The number of hydrogen-bond acceptors (Lipinski definition) is 7. The second kappa shape index (κ2) is 10.1. The van der Waals surface area contributed by atoms with Crippen molar-refractivity contribution in [1.29, 1.82) is 0 Å². The van der Waals surface area contributed by atoms with Crippen LogP contribution < -0.4 is 10.1 Å². The molecule has 0 bridgehead atoms. The molecule has 34 heavy (non-hydrogen) atoms. The maximum atomic E-state index is 13.3. The quantitative estimate of drug-likeness (QED) is 0.592. The number of nitrogens with zero attached hydrogens (tertiary/aromatic N) is 1. The molecule has 184 valence electrons. The fraction of sp³-hybridized carbons (Fsp3) is 0.500. The highest BCUT2D eigenvalue weighted by atomic mass is 32.2. The summed E-state index contributed by atoms with van der Waals surface area (Å²) in [5.74, 6) is -0.281. The summed E-state index contributed by atoms with van der Waals surface area (Å²) in [5.41, 5.74) is 1.41. The number of carbonyl (C=O) groups excluding carboxylic acids is 2. The molecule has 1 amide bonds. The first-order valence-electron chi connectivity index (χ1n) is 11.5. The number of esters is 1. The molecule has 2 heterocycles. The maximum Gasteiger partial charge on any atom is 0.341 e. The second-order valence-electron chi connectivity index (χ2n) is 8.81. The predicted octanol–water partition coefficient (Wildman–Crippen LogP) is 4.10. The van der Waals surface area contributed by atoms with Crippen LogP contribution in [0.1, 0.15) is 63.8 Å². The summed E-state index contributed by atoms with van der Waals surface area (Å²) in [6.07, 6.45) is 5.24. The van der Waals surface area contributed by atoms with Gasteiger partial charge in [-0.15, -0.1) is 11.3 Å². The number of hydrogen-bond donors (Lipinski definition) is 1. The first kappa shape index (κ1) is 24.7. The molecule has 1 aliphatic heterocycles. The highest BCUT2D eigenvalue weighted by Gasteiger charge is 2.31. The van der Waals surface area contributed by atoms with Gasteiger partial charge in [-0.05, 0) is 68.2 Å². The van der Waals surface area contributed by atoms with Crippen molar-refractivity contribution in [2.24, 2.45) is 5.92 Å². The highest BCUT2D eigenvalue weighted by molar-refractivity contribution is 7.89. The Kier molecular flexibility index (Phi) is 7.30. The van der Waals surface area contributed by atoms with Crippen LogP contribution >= 0.6 is 11.3 Å². The number of nitrogens with one attached hydrogen (secondary N) is 1. The number of benzene rings is 1. The van der Waals surface area contributed by atoms with Crippen molar-refractivity contribution in [3.8, 4) is 5.75 Å². The van der Waals surface area contributed by atoms with Gasteiger partial charge in [0.05, 0.1) is 30.2 Å². The molecule has 1 aromatic heterocycles. The Morgan fingerprint density at radius 3 is 2.50 bits per heavy atom. The van der Waals surface area contributed by atoms with Crippen LogP contribution in [-0.2, 0) is 27.6 Å². The first-order valence-corrected chi connectivity index (χ1v) is 13.7. The van der Waals surface area contributed by atoms with Crippen LogP contribution in [0.4, 0.5) is 5.00 Å². The average Bonchev–Trinajstić information content (AvgIpc) is 3.21. The second-order valence-corrected chi connectivity index (χ2v) is 11.9. The van der Waals surface area contributed by atoms with Crippen molar-refractivity contribution < 1.29 is 27.5 Å². The van der Waals surface area contributed by atoms with Crippen LogP contribution in [0, 0.1) is 5.92 Å². The van der Waals surface area contributed by atoms with E-state index in [4.69, 9.17) is 9.47 Å². The minimum absolute atomic E-state index is 0.0478. The summed E-state index contributed by atoms with van der Waals surface area (Å²) in [5, 5.41) is 3.25. The van der Waals surface area contributed by atoms with Crippen LogP contribution in [0.2, 0.25) is 0 Å². The molecule has 1 N–H and O–H groups in total. The molecule has 1 aliphatic carbocycles. The van der Waals surface area contributed by atoms with Crippen molar-refractivity contribution in [2.45, 2.75) is 50.3 Å². The zero-order valence-electron chi connectivity index (χ0n) is 19.7. The fourth-order valence-electron chi connectivity index (χ4n) is 4.54. The van der Waals surface area contributed by atoms with Crippen molar-refractivity contribution in [3.63, 3.8) is 0 Å². The first-order chi connectivity index (χ1) is 16.3. The standard InChI is InChI=1S/C24H30N2O6S2/c1-15-10-12-26(13-11-15)34(29,30)16-8-9-19(31-2)18(14-16)22(27)25-23-21(24(28)32-3)17-6-4-5-7-20(17)33-23/h8-9,14-15H,4-7,10-13H2,1-3H3,(H,25,27). The van der Waals surface area contributed by atoms with Crippen LogP contribution in [0.15, 0.2) is 23.1 Å². The van der Waals surface area contributed by atoms with Crippen molar-refractivity contribution in [3.05, 3.63) is 39.8 Å². The number of fused-ring (bicyclic) bond motifs is 1. The summed E-state index contributed by atoms with van der Waals surface area (Å²) in [6.45, 7) is 3.03. The van der Waals surface area contributed by atoms with E-state index in [-0.39, 0.29) is 16.2 Å². The number of piperidine rings is 1. The third-order valence-electron chi connectivity index (χ3n) is 6.58. The zero-order chi connectivity index (χ0) is 24.5. The molecule has 0 spiro atoms. The van der Waals surface area contributed by atoms with Crippen molar-refractivity contribution >= 4 is 38.2 Å². The molecule has 4 rings (SSSR count). The van der Waals surface area contributed by atoms with Gasteiger partial charge in [0, 0.05) is 18.0 Å². The number of amides is 1. The van der Waals surface area contributed by atoms with E-state index in [9.17, 15) is 18.0 Å². The summed E-state index contributed by atoms with van der Waals surface area (Å²) in [4.78, 5) is 27.0. The molecule has 0 saturated carbocycles. The molecule has 0 radical (unpaired) electrons. The van der Waals surface area contributed by atoms with E-state index in [1.807, 2.05) is 0 Å². The Bertz CT molecular complexity index is 1200. The summed E-state index contributed by atoms with van der Waals surface area (Å²) in [7, 11) is -0.995. The topological polar surface area (TPSA) is 102 Å². The smallest absolute Gasteiger partial charge is 0.341 e. The van der Waals surface area contributed by atoms with Crippen LogP contribution in [0.3, 0.4) is 0 Å². The number of carbonyl (C=O) groups is 2. The molecule has 8 nitrogen and oxygen atoms in total. The van der Waals surface area contributed by atoms with E-state index in [1.54, 1.807) is 0 Å². The van der Waals surface area contributed by atoms with Crippen molar-refractivity contribution in [2.75, 3.05) is 32.6 Å². The number of sulfonamides is 1. The van der Waals surface area contributed by atoms with Gasteiger partial charge in [-0.3, -0.25) is 4.79 Å². The number of ether oxygens (including phenoxy) is 2. The lowest BCUT2D eigenvalue weighted by Crippen LogP contribution is -2.37. The van der Waals surface area contributed by atoms with E-state index in [0.717, 1.165) is 49.0 Å². The molecule has 10 heteroatoms. The lowest BCUT2D eigenvalue weighted by Gasteiger charge is -2.29. The molecule has 2 aliphatic rings. The van der Waals surface area contributed by atoms with Gasteiger partial charge in [0.1, 0.15) is 10.8 Å². The number of anilines is 1. The van der Waals surface area contributed by atoms with Gasteiger partial charge in [0.15, 0.2) is 0 Å². The minimum Gasteiger partial charge on any atom is -0.496 e. The van der Waals surface area contributed by atoms with E-state index >= 15 is 0 Å². The highest BCUT2D eigenvalue weighted by Crippen LogP contribution is 2.39. The van der Waals surface area contributed by atoms with Gasteiger partial charge >= 0.3 is 5.97 Å². The number of methoxy groups -OCH3 is 2. The third-order valence-corrected chi connectivity index (χ3v) is 9.69. The maximum absolute atomic E-state index is 13.3. The number of rotatable bonds is 6. The predicted molar refractivity (Wildman–Crippen MR) is 130 cm³/mol. The Balaban J connectivity index is 1.67. The normalized spacial score (nSPS) is 17.1. The van der Waals surface area contributed by atoms with Gasteiger partial charge in [-0.2, -0.15) is 4.31 Å². The van der Waals surface area contributed by atoms with Crippen LogP contribution in [0.25, 0.3) is 0 Å². The molecule has 1 fully saturated rings. The van der Waals surface area contributed by atoms with Gasteiger partial charge in [0.25, 0.3) is 5.91 Å². The number of thiophene rings is 1. The Morgan fingerprint density at radius 1 is 1.12 bits per heavy atom. The summed E-state index contributed by atoms with van der Waals surface area (Å²) >= 11 is 1.37. The Morgan fingerprint density at radius 2 is 1.82 bits per heavy atom.